The Morgan fingerprint density at radius 1 is 1.17 bits per heavy atom. The molecule has 1 aromatic carbocycles. The summed E-state index contributed by atoms with van der Waals surface area (Å²) in [6.07, 6.45) is 1.47. The van der Waals surface area contributed by atoms with Crippen LogP contribution >= 0.6 is 11.6 Å². The van der Waals surface area contributed by atoms with Crippen molar-refractivity contribution >= 4 is 29.0 Å². The van der Waals surface area contributed by atoms with Crippen LogP contribution in [0.3, 0.4) is 0 Å². The first-order valence-corrected chi connectivity index (χ1v) is 6.47. The van der Waals surface area contributed by atoms with Gasteiger partial charge in [0.15, 0.2) is 0 Å². The third-order valence-electron chi connectivity index (χ3n) is 2.68. The highest BCUT2D eigenvalue weighted by Gasteiger charge is 2.13. The Bertz CT molecular complexity index is 414. The van der Waals surface area contributed by atoms with Crippen LogP contribution in [-0.2, 0) is 9.59 Å². The second-order valence-corrected chi connectivity index (χ2v) is 4.61. The van der Waals surface area contributed by atoms with Crippen molar-refractivity contribution in [2.45, 2.75) is 33.1 Å². The lowest BCUT2D eigenvalue weighted by molar-refractivity contribution is -0.119. The number of Topliss-reactive ketones (excluding diaryl/α,β-unsaturated/α-hetero) is 1. The van der Waals surface area contributed by atoms with E-state index >= 15 is 0 Å². The van der Waals surface area contributed by atoms with Gasteiger partial charge in [0, 0.05) is 30.1 Å². The molecule has 0 fully saturated rings. The third kappa shape index (κ3) is 4.49. The monoisotopic (exact) mass is 267 g/mol. The van der Waals surface area contributed by atoms with Gasteiger partial charge in [-0.15, -0.1) is 0 Å². The Morgan fingerprint density at radius 3 is 2.28 bits per heavy atom. The standard InChI is InChI=1S/C14H18ClNO2/c1-3-16(13-9-7-12(15)8-10-13)14(18)6-4-5-11(2)17/h7-10H,3-6H2,1-2H3. The number of amides is 1. The van der Waals surface area contributed by atoms with Gasteiger partial charge in [-0.05, 0) is 44.5 Å². The smallest absolute Gasteiger partial charge is 0.226 e. The minimum Gasteiger partial charge on any atom is -0.313 e. The van der Waals surface area contributed by atoms with Crippen molar-refractivity contribution < 1.29 is 9.59 Å². The molecule has 0 aliphatic carbocycles. The molecule has 1 amide bonds. The minimum absolute atomic E-state index is 0.0427. The molecule has 0 N–H and O–H groups in total. The van der Waals surface area contributed by atoms with Gasteiger partial charge in [0.25, 0.3) is 0 Å². The Balaban J connectivity index is 2.62. The van der Waals surface area contributed by atoms with E-state index in [1.165, 1.54) is 0 Å². The van der Waals surface area contributed by atoms with Crippen molar-refractivity contribution in [1.82, 2.24) is 0 Å². The molecular weight excluding hydrogens is 250 g/mol. The van der Waals surface area contributed by atoms with Gasteiger partial charge in [-0.1, -0.05) is 11.6 Å². The fraction of sp³-hybridized carbons (Fsp3) is 0.429. The summed E-state index contributed by atoms with van der Waals surface area (Å²) in [4.78, 5) is 24.6. The number of carbonyl (C=O) groups is 2. The van der Waals surface area contributed by atoms with Crippen molar-refractivity contribution in [3.05, 3.63) is 29.3 Å². The SMILES string of the molecule is CCN(C(=O)CCCC(C)=O)c1ccc(Cl)cc1. The third-order valence-corrected chi connectivity index (χ3v) is 2.93. The fourth-order valence-electron chi connectivity index (χ4n) is 1.75. The quantitative estimate of drug-likeness (QED) is 0.792. The molecule has 0 aliphatic rings. The summed E-state index contributed by atoms with van der Waals surface area (Å²) in [7, 11) is 0. The van der Waals surface area contributed by atoms with Gasteiger partial charge < -0.3 is 9.69 Å². The zero-order chi connectivity index (χ0) is 13.5. The van der Waals surface area contributed by atoms with Crippen LogP contribution in [0, 0.1) is 0 Å². The lowest BCUT2D eigenvalue weighted by atomic mass is 10.1. The molecule has 0 bridgehead atoms. The number of hydrogen-bond acceptors (Lipinski definition) is 2. The van der Waals surface area contributed by atoms with Crippen LogP contribution in [0.25, 0.3) is 0 Å². The predicted molar refractivity (Wildman–Crippen MR) is 74.0 cm³/mol. The molecule has 0 radical (unpaired) electrons. The Labute approximate surface area is 113 Å². The molecule has 98 valence electrons. The van der Waals surface area contributed by atoms with Gasteiger partial charge in [0.05, 0.1) is 0 Å². The van der Waals surface area contributed by atoms with E-state index in [4.69, 9.17) is 11.6 Å². The second-order valence-electron chi connectivity index (χ2n) is 4.17. The lowest BCUT2D eigenvalue weighted by Gasteiger charge is -2.21. The maximum absolute atomic E-state index is 12.0. The maximum atomic E-state index is 12.0. The molecule has 0 heterocycles. The molecule has 1 aromatic rings. The molecular formula is C14H18ClNO2. The highest BCUT2D eigenvalue weighted by atomic mass is 35.5. The van der Waals surface area contributed by atoms with Crippen LogP contribution in [-0.4, -0.2) is 18.2 Å². The molecule has 18 heavy (non-hydrogen) atoms. The van der Waals surface area contributed by atoms with E-state index < -0.39 is 0 Å². The summed E-state index contributed by atoms with van der Waals surface area (Å²) in [6, 6.07) is 7.19. The first-order valence-electron chi connectivity index (χ1n) is 6.10. The molecule has 0 aromatic heterocycles. The molecule has 0 atom stereocenters. The number of anilines is 1. The average molecular weight is 268 g/mol. The first kappa shape index (κ1) is 14.7. The summed E-state index contributed by atoms with van der Waals surface area (Å²) in [5.74, 6) is 0.165. The van der Waals surface area contributed by atoms with Crippen molar-refractivity contribution in [2.24, 2.45) is 0 Å². The highest BCUT2D eigenvalue weighted by Crippen LogP contribution is 2.19. The number of rotatable bonds is 6. The Kier molecular flexibility index (Phi) is 5.86. The van der Waals surface area contributed by atoms with E-state index in [2.05, 4.69) is 0 Å². The highest BCUT2D eigenvalue weighted by molar-refractivity contribution is 6.30. The molecule has 4 heteroatoms. The number of hydrogen-bond donors (Lipinski definition) is 0. The molecule has 0 saturated carbocycles. The van der Waals surface area contributed by atoms with Gasteiger partial charge >= 0.3 is 0 Å². The van der Waals surface area contributed by atoms with Crippen LogP contribution in [0.1, 0.15) is 33.1 Å². The van der Waals surface area contributed by atoms with E-state index in [1.54, 1.807) is 24.0 Å². The van der Waals surface area contributed by atoms with Gasteiger partial charge in [0.2, 0.25) is 5.91 Å². The average Bonchev–Trinajstić information content (AvgIpc) is 2.32. The minimum atomic E-state index is 0.0427. The fourth-order valence-corrected chi connectivity index (χ4v) is 1.87. The van der Waals surface area contributed by atoms with Crippen molar-refractivity contribution in [3.63, 3.8) is 0 Å². The number of halogens is 1. The van der Waals surface area contributed by atoms with Gasteiger partial charge in [-0.3, -0.25) is 4.79 Å². The van der Waals surface area contributed by atoms with E-state index in [0.29, 0.717) is 30.8 Å². The number of ketones is 1. The summed E-state index contributed by atoms with van der Waals surface area (Å²) in [6.45, 7) is 4.08. The normalized spacial score (nSPS) is 10.2. The Morgan fingerprint density at radius 2 is 1.78 bits per heavy atom. The van der Waals surface area contributed by atoms with Crippen molar-refractivity contribution in [2.75, 3.05) is 11.4 Å². The van der Waals surface area contributed by atoms with Crippen LogP contribution in [0.4, 0.5) is 5.69 Å². The number of benzene rings is 1. The summed E-state index contributed by atoms with van der Waals surface area (Å²) < 4.78 is 0. The lowest BCUT2D eigenvalue weighted by Crippen LogP contribution is -2.30. The van der Waals surface area contributed by atoms with Crippen LogP contribution in [0.2, 0.25) is 5.02 Å². The summed E-state index contributed by atoms with van der Waals surface area (Å²) in [5.41, 5.74) is 0.842. The maximum Gasteiger partial charge on any atom is 0.226 e. The summed E-state index contributed by atoms with van der Waals surface area (Å²) in [5, 5.41) is 0.652. The zero-order valence-electron chi connectivity index (χ0n) is 10.8. The first-order chi connectivity index (χ1) is 8.54. The van der Waals surface area contributed by atoms with Crippen LogP contribution in [0.15, 0.2) is 24.3 Å². The van der Waals surface area contributed by atoms with Crippen molar-refractivity contribution in [1.29, 1.82) is 0 Å². The van der Waals surface area contributed by atoms with E-state index in [1.807, 2.05) is 19.1 Å². The number of carbonyl (C=O) groups excluding carboxylic acids is 2. The molecule has 0 spiro atoms. The topological polar surface area (TPSA) is 37.4 Å². The summed E-state index contributed by atoms with van der Waals surface area (Å²) >= 11 is 5.82. The molecule has 3 nitrogen and oxygen atoms in total. The van der Waals surface area contributed by atoms with E-state index in [9.17, 15) is 9.59 Å². The van der Waals surface area contributed by atoms with Gasteiger partial charge in [0.1, 0.15) is 5.78 Å². The van der Waals surface area contributed by atoms with Crippen LogP contribution in [0.5, 0.6) is 0 Å². The zero-order valence-corrected chi connectivity index (χ0v) is 11.5. The van der Waals surface area contributed by atoms with Crippen molar-refractivity contribution in [3.8, 4) is 0 Å². The van der Waals surface area contributed by atoms with Gasteiger partial charge in [-0.25, -0.2) is 0 Å². The van der Waals surface area contributed by atoms with Gasteiger partial charge in [-0.2, -0.15) is 0 Å². The van der Waals surface area contributed by atoms with Crippen LogP contribution < -0.4 is 4.90 Å². The molecule has 1 rings (SSSR count). The second kappa shape index (κ2) is 7.17. The molecule has 0 aliphatic heterocycles. The number of nitrogens with zero attached hydrogens (tertiary/aromatic N) is 1. The molecule has 0 saturated heterocycles. The predicted octanol–water partition coefficient (Wildman–Crippen LogP) is 3.45. The van der Waals surface area contributed by atoms with E-state index in [0.717, 1.165) is 5.69 Å². The van der Waals surface area contributed by atoms with E-state index in [-0.39, 0.29) is 11.7 Å². The molecule has 0 unspecified atom stereocenters. The largest absolute Gasteiger partial charge is 0.313 e. The Hall–Kier alpha value is -1.35.